The molecule has 6 nitrogen and oxygen atoms in total. The van der Waals surface area contributed by atoms with Gasteiger partial charge in [-0.1, -0.05) is 56.4 Å². The van der Waals surface area contributed by atoms with Crippen LogP contribution in [0.1, 0.15) is 70.2 Å². The Hall–Kier alpha value is 6.68. The van der Waals surface area contributed by atoms with Gasteiger partial charge in [0.2, 0.25) is 0 Å². The van der Waals surface area contributed by atoms with Gasteiger partial charge in [-0.3, -0.25) is 0 Å². The SMILES string of the molecule is C.C.CC.CC.CC.CCOC.CCOC.CN=NC.CN=NC.[Ar].[Ar].[Ar].[Ar].[Ar].[Ar]. The molecule has 0 bridgehead atoms. The van der Waals surface area contributed by atoms with Crippen molar-refractivity contribution in [3.63, 3.8) is 0 Å². The van der Waals surface area contributed by atoms with Crippen molar-refractivity contribution in [3.05, 3.63) is 0 Å². The van der Waals surface area contributed by atoms with E-state index in [-0.39, 0.29) is 241 Å². The number of azo groups is 2. The van der Waals surface area contributed by atoms with Gasteiger partial charge in [-0.25, -0.2) is 0 Å². The molecule has 0 aromatic carbocycles. The summed E-state index contributed by atoms with van der Waals surface area (Å²) in [5, 5.41) is 13.4. The van der Waals surface area contributed by atoms with Crippen LogP contribution in [0.4, 0.5) is 0 Å². The van der Waals surface area contributed by atoms with Crippen molar-refractivity contribution < 1.29 is 236 Å². The zero-order chi connectivity index (χ0) is 19.7. The van der Waals surface area contributed by atoms with Crippen molar-refractivity contribution in [1.29, 1.82) is 0 Å². The Morgan fingerprint density at radius 3 is 0.500 bits per heavy atom. The first-order valence-corrected chi connectivity index (χ1v) is 8.00. The molecule has 0 aliphatic rings. The third kappa shape index (κ3) is 345. The minimum atomic E-state index is 0. The zero-order valence-corrected chi connectivity index (χ0v) is 24.4. The maximum Gasteiger partial charge on any atom is 0.0487 e. The number of nitrogens with zero attached hydrogens (tertiary/aromatic N) is 4. The van der Waals surface area contributed by atoms with Crippen LogP contribution in [-0.4, -0.2) is 55.6 Å². The second kappa shape index (κ2) is 199. The fraction of sp³-hybridized carbons (Fsp3) is 1.00. The Kier molecular flexibility index (Phi) is 659. The minimum Gasteiger partial charge on any atom is -0.385 e. The topological polar surface area (TPSA) is 67.9 Å². The van der Waals surface area contributed by atoms with E-state index in [9.17, 15) is 0 Å². The third-order valence-electron chi connectivity index (χ3n) is 0.977. The van der Waals surface area contributed by atoms with E-state index in [0.717, 1.165) is 13.2 Å². The fourth-order valence-electron chi connectivity index (χ4n) is 0. The molecule has 0 aliphatic carbocycles. The van der Waals surface area contributed by atoms with E-state index in [0.29, 0.717) is 0 Å². The minimum absolute atomic E-state index is 0. The number of ether oxygens (including phenoxy) is 2. The van der Waals surface area contributed by atoms with Gasteiger partial charge in [0.25, 0.3) is 0 Å². The van der Waals surface area contributed by atoms with E-state index in [1.807, 2.05) is 55.4 Å². The summed E-state index contributed by atoms with van der Waals surface area (Å²) in [6, 6.07) is 0. The second-order valence-corrected chi connectivity index (χ2v) is 1.95. The standard InChI is InChI=1S/2C3H8O.2C2H6N2.3C2H6.2CH4.6Ar/c4*1-3-4-2;3*1-2;;;;;;;;/h2*3H2,1-2H3;2*1-2H3;3*1-2H3;2*1H4;;;;;;. The molecular weight excluding hydrogens is 544 g/mol. The third-order valence-corrected chi connectivity index (χ3v) is 0.977. The largest absolute Gasteiger partial charge is 0.385 e. The van der Waals surface area contributed by atoms with Crippen molar-refractivity contribution in [2.24, 2.45) is 20.5 Å². The normalized spacial score (nSPS) is 5.13. The number of methoxy groups -OCH3 is 2. The van der Waals surface area contributed by atoms with Gasteiger partial charge < -0.3 is 9.47 Å². The summed E-state index contributed by atoms with van der Waals surface area (Å²) >= 11 is 0. The Balaban J connectivity index is -0.00000000656. The fourth-order valence-corrected chi connectivity index (χ4v) is 0. The summed E-state index contributed by atoms with van der Waals surface area (Å²) in [7, 11) is 9.92. The van der Waals surface area contributed by atoms with Crippen LogP contribution in [0.3, 0.4) is 0 Å². The molecule has 206 valence electrons. The smallest absolute Gasteiger partial charge is 0.0487 e. The van der Waals surface area contributed by atoms with Crippen LogP contribution in [0.15, 0.2) is 20.5 Å². The molecule has 0 N–H and O–H groups in total. The van der Waals surface area contributed by atoms with E-state index in [4.69, 9.17) is 0 Å². The molecule has 0 heterocycles. The van der Waals surface area contributed by atoms with Crippen LogP contribution in [0, 0.1) is 226 Å². The quantitative estimate of drug-likeness (QED) is 0.320. The Labute approximate surface area is 373 Å². The van der Waals surface area contributed by atoms with Crippen molar-refractivity contribution in [3.8, 4) is 0 Å². The molecular formula is C18H54Ar6N4O2. The van der Waals surface area contributed by atoms with Gasteiger partial charge in [0.1, 0.15) is 0 Å². The van der Waals surface area contributed by atoms with Crippen LogP contribution in [-0.2, 0) is 9.47 Å². The molecule has 0 rings (SSSR count). The summed E-state index contributed by atoms with van der Waals surface area (Å²) in [4.78, 5) is 0. The summed E-state index contributed by atoms with van der Waals surface area (Å²) in [5.41, 5.74) is 0. The molecule has 0 radical (unpaired) electrons. The predicted octanol–water partition coefficient (Wildman–Crippen LogP) is 7.05. The monoisotopic (exact) mass is 598 g/mol. The molecule has 0 aromatic rings. The van der Waals surface area contributed by atoms with Crippen LogP contribution in [0.2, 0.25) is 0 Å². The van der Waals surface area contributed by atoms with Crippen molar-refractivity contribution in [1.82, 2.24) is 0 Å². The van der Waals surface area contributed by atoms with Crippen molar-refractivity contribution >= 4 is 0 Å². The molecule has 0 fully saturated rings. The summed E-state index contributed by atoms with van der Waals surface area (Å²) in [5.74, 6) is 0. The molecule has 12 heteroatoms. The molecule has 0 spiro atoms. The van der Waals surface area contributed by atoms with Gasteiger partial charge in [-0.2, -0.15) is 20.5 Å². The average molecular weight is 598 g/mol. The number of hydrogen-bond donors (Lipinski definition) is 0. The molecule has 0 amide bonds. The van der Waals surface area contributed by atoms with Gasteiger partial charge >= 0.3 is 0 Å². The maximum atomic E-state index is 4.54. The predicted molar refractivity (Wildman–Crippen MR) is 116 cm³/mol. The average Bonchev–Trinajstić information content (AvgIpc) is 2.66. The Morgan fingerprint density at radius 2 is 0.500 bits per heavy atom. The molecule has 0 saturated heterocycles. The van der Waals surface area contributed by atoms with E-state index < -0.39 is 0 Å². The maximum absolute atomic E-state index is 4.54. The van der Waals surface area contributed by atoms with Crippen LogP contribution in [0.5, 0.6) is 0 Å². The number of rotatable bonds is 2. The van der Waals surface area contributed by atoms with E-state index in [1.54, 1.807) is 42.4 Å². The van der Waals surface area contributed by atoms with Crippen molar-refractivity contribution in [2.75, 3.05) is 55.6 Å². The Morgan fingerprint density at radius 1 is 0.433 bits per heavy atom. The van der Waals surface area contributed by atoms with Crippen LogP contribution >= 0.6 is 0 Å². The first-order valence-electron chi connectivity index (χ1n) is 8.00. The van der Waals surface area contributed by atoms with E-state index >= 15 is 0 Å². The van der Waals surface area contributed by atoms with Crippen LogP contribution in [0.25, 0.3) is 0 Å². The molecule has 30 heavy (non-hydrogen) atoms. The molecule has 0 saturated carbocycles. The Bertz CT molecular complexity index is 119. The second-order valence-electron chi connectivity index (χ2n) is 1.95. The summed E-state index contributed by atoms with van der Waals surface area (Å²) in [6.07, 6.45) is 0. The number of hydrogen-bond acceptors (Lipinski definition) is 6. The van der Waals surface area contributed by atoms with Gasteiger partial charge in [0.05, 0.1) is 0 Å². The van der Waals surface area contributed by atoms with Gasteiger partial charge in [0, 0.05) is 282 Å². The first kappa shape index (κ1) is 99.3. The molecule has 0 unspecified atom stereocenters. The zero-order valence-electron chi connectivity index (χ0n) is 20.1. The van der Waals surface area contributed by atoms with Gasteiger partial charge in [0.15, 0.2) is 0 Å². The van der Waals surface area contributed by atoms with Crippen LogP contribution < -0.4 is 0 Å². The molecule has 0 aromatic heterocycles. The molecule has 0 atom stereocenters. The first-order chi connectivity index (χ1) is 10.7. The summed E-state index contributed by atoms with van der Waals surface area (Å²) < 4.78 is 9.08. The molecule has 0 aliphatic heterocycles. The van der Waals surface area contributed by atoms with Gasteiger partial charge in [-0.05, 0) is 13.8 Å². The summed E-state index contributed by atoms with van der Waals surface area (Å²) in [6.45, 7) is 17.6. The van der Waals surface area contributed by atoms with E-state index in [2.05, 4.69) is 29.9 Å². The van der Waals surface area contributed by atoms with Gasteiger partial charge in [-0.15, -0.1) is 0 Å². The van der Waals surface area contributed by atoms with Crippen molar-refractivity contribution in [2.45, 2.75) is 70.2 Å². The van der Waals surface area contributed by atoms with E-state index in [1.165, 1.54) is 0 Å².